The first-order valence-corrected chi connectivity index (χ1v) is 9.34. The van der Waals surface area contributed by atoms with Crippen molar-refractivity contribution < 1.29 is 19.2 Å². The Hall–Kier alpha value is -3.53. The fraction of sp³-hybridized carbons (Fsp3) is 0.263. The lowest BCUT2D eigenvalue weighted by Crippen LogP contribution is -2.23. The average Bonchev–Trinajstić information content (AvgIpc) is 3.22. The number of nitro groups is 1. The van der Waals surface area contributed by atoms with Gasteiger partial charge in [-0.25, -0.2) is 4.79 Å². The molecule has 10 nitrogen and oxygen atoms in total. The molecule has 1 unspecified atom stereocenters. The molecule has 0 saturated carbocycles. The van der Waals surface area contributed by atoms with Gasteiger partial charge in [0.25, 0.3) is 5.69 Å². The molecule has 0 aliphatic rings. The lowest BCUT2D eigenvalue weighted by atomic mass is 10.2. The van der Waals surface area contributed by atoms with Crippen LogP contribution in [0.1, 0.15) is 24.9 Å². The number of aromatic nitrogens is 4. The summed E-state index contributed by atoms with van der Waals surface area (Å²) >= 11 is 5.88. The molecule has 0 bridgehead atoms. The van der Waals surface area contributed by atoms with Crippen LogP contribution in [-0.4, -0.2) is 38.2 Å². The SMILES string of the molecule is CCC(C(=O)OCc1cc([N+](=O)[O-])ccc1OC)n1nnc(-c2ccc(Cl)cc2)n1. The van der Waals surface area contributed by atoms with Crippen LogP contribution < -0.4 is 4.74 Å². The predicted molar refractivity (Wildman–Crippen MR) is 107 cm³/mol. The molecule has 0 aliphatic heterocycles. The largest absolute Gasteiger partial charge is 0.496 e. The van der Waals surface area contributed by atoms with Crippen LogP contribution in [0.3, 0.4) is 0 Å². The highest BCUT2D eigenvalue weighted by Gasteiger charge is 2.24. The van der Waals surface area contributed by atoms with Gasteiger partial charge in [0.2, 0.25) is 5.82 Å². The van der Waals surface area contributed by atoms with E-state index in [1.807, 2.05) is 0 Å². The van der Waals surface area contributed by atoms with Crippen molar-refractivity contribution in [3.63, 3.8) is 0 Å². The van der Waals surface area contributed by atoms with Crippen LogP contribution in [0.15, 0.2) is 42.5 Å². The van der Waals surface area contributed by atoms with Crippen LogP contribution in [0.25, 0.3) is 11.4 Å². The highest BCUT2D eigenvalue weighted by Crippen LogP contribution is 2.25. The standard InChI is InChI=1S/C19H18ClN5O5/c1-3-16(24-22-18(21-23-24)12-4-6-14(20)7-5-12)19(26)30-11-13-10-15(25(27)28)8-9-17(13)29-2/h4-10,16H,3,11H2,1-2H3. The minimum absolute atomic E-state index is 0.126. The van der Waals surface area contributed by atoms with Crippen molar-refractivity contribution in [2.45, 2.75) is 26.0 Å². The number of nitro benzene ring substituents is 1. The van der Waals surface area contributed by atoms with E-state index < -0.39 is 16.9 Å². The fourth-order valence-electron chi connectivity index (χ4n) is 2.73. The third kappa shape index (κ3) is 4.71. The zero-order chi connectivity index (χ0) is 21.7. The Balaban J connectivity index is 1.74. The first kappa shape index (κ1) is 21.2. The van der Waals surface area contributed by atoms with E-state index in [0.29, 0.717) is 34.1 Å². The van der Waals surface area contributed by atoms with Crippen molar-refractivity contribution >= 4 is 23.3 Å². The molecule has 0 radical (unpaired) electrons. The molecule has 11 heteroatoms. The van der Waals surface area contributed by atoms with Gasteiger partial charge in [-0.15, -0.1) is 15.0 Å². The first-order valence-electron chi connectivity index (χ1n) is 8.96. The molecule has 1 heterocycles. The Morgan fingerprint density at radius 3 is 2.63 bits per heavy atom. The number of benzene rings is 2. The number of esters is 1. The summed E-state index contributed by atoms with van der Waals surface area (Å²) in [6, 6.07) is 10.2. The average molecular weight is 432 g/mol. The Labute approximate surface area is 176 Å². The molecular formula is C19H18ClN5O5. The molecule has 0 fully saturated rings. The second-order valence-electron chi connectivity index (χ2n) is 6.23. The number of tetrazole rings is 1. The molecule has 1 atom stereocenters. The molecule has 0 spiro atoms. The summed E-state index contributed by atoms with van der Waals surface area (Å²) in [5, 5.41) is 23.8. The minimum atomic E-state index is -0.803. The minimum Gasteiger partial charge on any atom is -0.496 e. The normalized spacial score (nSPS) is 11.7. The number of rotatable bonds is 8. The molecular weight excluding hydrogens is 414 g/mol. The number of nitrogens with zero attached hydrogens (tertiary/aromatic N) is 5. The molecule has 0 saturated heterocycles. The summed E-state index contributed by atoms with van der Waals surface area (Å²) in [4.78, 5) is 24.3. The Morgan fingerprint density at radius 1 is 1.27 bits per heavy atom. The first-order chi connectivity index (χ1) is 14.4. The van der Waals surface area contributed by atoms with Gasteiger partial charge in [-0.1, -0.05) is 18.5 Å². The van der Waals surface area contributed by atoms with Crippen molar-refractivity contribution in [1.29, 1.82) is 0 Å². The number of methoxy groups -OCH3 is 1. The maximum Gasteiger partial charge on any atom is 0.333 e. The summed E-state index contributed by atoms with van der Waals surface area (Å²) in [5.41, 5.74) is 0.956. The van der Waals surface area contributed by atoms with Gasteiger partial charge in [0, 0.05) is 28.3 Å². The summed E-state index contributed by atoms with van der Waals surface area (Å²) in [6.07, 6.45) is 0.362. The number of hydrogen-bond acceptors (Lipinski definition) is 8. The molecule has 0 N–H and O–H groups in total. The van der Waals surface area contributed by atoms with Crippen molar-refractivity contribution in [2.75, 3.05) is 7.11 Å². The second-order valence-corrected chi connectivity index (χ2v) is 6.66. The van der Waals surface area contributed by atoms with Gasteiger partial charge in [-0.3, -0.25) is 10.1 Å². The number of carbonyl (C=O) groups is 1. The molecule has 2 aromatic carbocycles. The Morgan fingerprint density at radius 2 is 2.00 bits per heavy atom. The van der Waals surface area contributed by atoms with E-state index in [2.05, 4.69) is 15.4 Å². The molecule has 30 heavy (non-hydrogen) atoms. The summed E-state index contributed by atoms with van der Waals surface area (Å²) in [7, 11) is 1.43. The van der Waals surface area contributed by atoms with E-state index in [1.54, 1.807) is 31.2 Å². The molecule has 3 rings (SSSR count). The third-order valence-electron chi connectivity index (χ3n) is 4.31. The summed E-state index contributed by atoms with van der Waals surface area (Å²) in [5.74, 6) is 0.134. The maximum atomic E-state index is 12.6. The number of non-ortho nitro benzene ring substituents is 1. The lowest BCUT2D eigenvalue weighted by Gasteiger charge is -2.14. The van der Waals surface area contributed by atoms with Crippen molar-refractivity contribution in [3.8, 4) is 17.1 Å². The quantitative estimate of drug-likeness (QED) is 0.301. The Kier molecular flexibility index (Phi) is 6.58. The number of hydrogen-bond donors (Lipinski definition) is 0. The van der Waals surface area contributed by atoms with E-state index in [9.17, 15) is 14.9 Å². The van der Waals surface area contributed by atoms with Crippen molar-refractivity contribution in [2.24, 2.45) is 0 Å². The van der Waals surface area contributed by atoms with Crippen LogP contribution in [0.2, 0.25) is 5.02 Å². The summed E-state index contributed by atoms with van der Waals surface area (Å²) in [6.45, 7) is 1.59. The van der Waals surface area contributed by atoms with E-state index in [-0.39, 0.29) is 12.3 Å². The van der Waals surface area contributed by atoms with Gasteiger partial charge in [0.1, 0.15) is 12.4 Å². The van der Waals surface area contributed by atoms with Gasteiger partial charge in [0.05, 0.1) is 12.0 Å². The number of halogens is 1. The molecule has 1 aromatic heterocycles. The number of carbonyl (C=O) groups excluding carboxylic acids is 1. The lowest BCUT2D eigenvalue weighted by molar-refractivity contribution is -0.385. The molecule has 0 aliphatic carbocycles. The van der Waals surface area contributed by atoms with Gasteiger partial charge < -0.3 is 9.47 Å². The van der Waals surface area contributed by atoms with Crippen molar-refractivity contribution in [1.82, 2.24) is 20.2 Å². The van der Waals surface area contributed by atoms with Crippen molar-refractivity contribution in [3.05, 3.63) is 63.2 Å². The van der Waals surface area contributed by atoms with Gasteiger partial charge in [0.15, 0.2) is 6.04 Å². The smallest absolute Gasteiger partial charge is 0.333 e. The van der Waals surface area contributed by atoms with E-state index in [4.69, 9.17) is 21.1 Å². The zero-order valence-corrected chi connectivity index (χ0v) is 16.9. The zero-order valence-electron chi connectivity index (χ0n) is 16.2. The second kappa shape index (κ2) is 9.31. The molecule has 3 aromatic rings. The summed E-state index contributed by atoms with van der Waals surface area (Å²) < 4.78 is 10.5. The van der Waals surface area contributed by atoms with Crippen LogP contribution >= 0.6 is 11.6 Å². The third-order valence-corrected chi connectivity index (χ3v) is 4.56. The molecule has 0 amide bonds. The van der Waals surface area contributed by atoms with E-state index in [1.165, 1.54) is 30.1 Å². The van der Waals surface area contributed by atoms with Crippen LogP contribution in [0.5, 0.6) is 5.75 Å². The monoisotopic (exact) mass is 431 g/mol. The molecule has 156 valence electrons. The van der Waals surface area contributed by atoms with Crippen LogP contribution in [0.4, 0.5) is 5.69 Å². The topological polar surface area (TPSA) is 122 Å². The highest BCUT2D eigenvalue weighted by atomic mass is 35.5. The highest BCUT2D eigenvalue weighted by molar-refractivity contribution is 6.30. The van der Waals surface area contributed by atoms with Gasteiger partial charge in [-0.05, 0) is 42.0 Å². The van der Waals surface area contributed by atoms with Gasteiger partial charge in [-0.2, -0.15) is 0 Å². The van der Waals surface area contributed by atoms with Crippen LogP contribution in [-0.2, 0) is 16.1 Å². The van der Waals surface area contributed by atoms with Crippen LogP contribution in [0, 0.1) is 10.1 Å². The fourth-order valence-corrected chi connectivity index (χ4v) is 2.86. The van der Waals surface area contributed by atoms with E-state index >= 15 is 0 Å². The van der Waals surface area contributed by atoms with Gasteiger partial charge >= 0.3 is 5.97 Å². The number of ether oxygens (including phenoxy) is 2. The Bertz CT molecular complexity index is 1050. The maximum absolute atomic E-state index is 12.6. The van der Waals surface area contributed by atoms with E-state index in [0.717, 1.165) is 0 Å². The predicted octanol–water partition coefficient (Wildman–Crippen LogP) is 3.60.